The summed E-state index contributed by atoms with van der Waals surface area (Å²) in [6, 6.07) is 9.10. The standard InChI is InChI=1S/C17H21NO4/c1-3-21-14-7-5-6-12-13(17(20)18-10-11-19)8-9-15(16(12)14)22-4-2/h5-9,19H,3-4,10-11H2,1-2H3,(H,18,20). The molecule has 5 heteroatoms. The number of aliphatic hydroxyl groups is 1. The number of ether oxygens (including phenoxy) is 2. The van der Waals surface area contributed by atoms with Crippen LogP contribution in [0.1, 0.15) is 24.2 Å². The molecule has 0 aliphatic carbocycles. The number of carbonyl (C=O) groups excluding carboxylic acids is 1. The van der Waals surface area contributed by atoms with Gasteiger partial charge in [-0.05, 0) is 32.0 Å². The van der Waals surface area contributed by atoms with Gasteiger partial charge in [0.2, 0.25) is 0 Å². The summed E-state index contributed by atoms with van der Waals surface area (Å²) >= 11 is 0. The summed E-state index contributed by atoms with van der Waals surface area (Å²) in [5.74, 6) is 1.16. The summed E-state index contributed by atoms with van der Waals surface area (Å²) in [5, 5.41) is 13.1. The van der Waals surface area contributed by atoms with E-state index in [0.29, 0.717) is 30.3 Å². The van der Waals surface area contributed by atoms with Crippen LogP contribution < -0.4 is 14.8 Å². The van der Waals surface area contributed by atoms with Gasteiger partial charge in [-0.2, -0.15) is 0 Å². The van der Waals surface area contributed by atoms with Crippen molar-refractivity contribution in [3.05, 3.63) is 35.9 Å². The predicted octanol–water partition coefficient (Wildman–Crippen LogP) is 2.36. The first-order valence-corrected chi connectivity index (χ1v) is 7.43. The van der Waals surface area contributed by atoms with Gasteiger partial charge in [-0.1, -0.05) is 12.1 Å². The predicted molar refractivity (Wildman–Crippen MR) is 85.7 cm³/mol. The minimum absolute atomic E-state index is 0.0924. The van der Waals surface area contributed by atoms with E-state index >= 15 is 0 Å². The SMILES string of the molecule is CCOc1cccc2c(C(=O)NCCO)ccc(OCC)c12. The molecular formula is C17H21NO4. The topological polar surface area (TPSA) is 67.8 Å². The van der Waals surface area contributed by atoms with Gasteiger partial charge in [-0.25, -0.2) is 0 Å². The summed E-state index contributed by atoms with van der Waals surface area (Å²) in [5.41, 5.74) is 0.536. The Morgan fingerprint density at radius 2 is 1.77 bits per heavy atom. The maximum Gasteiger partial charge on any atom is 0.251 e. The van der Waals surface area contributed by atoms with Crippen LogP contribution in [-0.4, -0.2) is 37.4 Å². The third-order valence-electron chi connectivity index (χ3n) is 3.21. The van der Waals surface area contributed by atoms with Crippen molar-refractivity contribution in [1.82, 2.24) is 5.32 Å². The van der Waals surface area contributed by atoms with Crippen molar-refractivity contribution < 1.29 is 19.4 Å². The molecule has 22 heavy (non-hydrogen) atoms. The van der Waals surface area contributed by atoms with Crippen molar-refractivity contribution in [2.75, 3.05) is 26.4 Å². The molecule has 0 spiro atoms. The van der Waals surface area contributed by atoms with Crippen LogP contribution in [0.2, 0.25) is 0 Å². The fourth-order valence-electron chi connectivity index (χ4n) is 2.36. The molecule has 0 atom stereocenters. The third kappa shape index (κ3) is 3.31. The Morgan fingerprint density at radius 1 is 1.09 bits per heavy atom. The van der Waals surface area contributed by atoms with E-state index in [9.17, 15) is 4.79 Å². The highest BCUT2D eigenvalue weighted by Crippen LogP contribution is 2.36. The van der Waals surface area contributed by atoms with Gasteiger partial charge >= 0.3 is 0 Å². The van der Waals surface area contributed by atoms with Crippen LogP contribution in [0.5, 0.6) is 11.5 Å². The number of rotatable bonds is 7. The monoisotopic (exact) mass is 303 g/mol. The smallest absolute Gasteiger partial charge is 0.251 e. The zero-order valence-corrected chi connectivity index (χ0v) is 12.9. The minimum Gasteiger partial charge on any atom is -0.493 e. The summed E-state index contributed by atoms with van der Waals surface area (Å²) in [7, 11) is 0. The van der Waals surface area contributed by atoms with Gasteiger partial charge in [0.05, 0.1) is 25.2 Å². The van der Waals surface area contributed by atoms with E-state index in [0.717, 1.165) is 10.8 Å². The lowest BCUT2D eigenvalue weighted by Crippen LogP contribution is -2.26. The van der Waals surface area contributed by atoms with E-state index in [2.05, 4.69) is 5.32 Å². The minimum atomic E-state index is -0.226. The lowest BCUT2D eigenvalue weighted by atomic mass is 10.0. The molecule has 0 radical (unpaired) electrons. The van der Waals surface area contributed by atoms with Crippen LogP contribution in [0.4, 0.5) is 0 Å². The summed E-state index contributed by atoms with van der Waals surface area (Å²) in [4.78, 5) is 12.3. The van der Waals surface area contributed by atoms with E-state index < -0.39 is 0 Å². The molecule has 0 saturated carbocycles. The molecule has 5 nitrogen and oxygen atoms in total. The second kappa shape index (κ2) is 7.66. The molecule has 0 fully saturated rings. The Kier molecular flexibility index (Phi) is 5.61. The molecule has 0 saturated heterocycles. The van der Waals surface area contributed by atoms with E-state index in [4.69, 9.17) is 14.6 Å². The van der Waals surface area contributed by atoms with E-state index in [1.807, 2.05) is 32.0 Å². The number of nitrogens with one attached hydrogen (secondary N) is 1. The van der Waals surface area contributed by atoms with Crippen LogP contribution in [0, 0.1) is 0 Å². The van der Waals surface area contributed by atoms with Gasteiger partial charge in [0.1, 0.15) is 11.5 Å². The molecule has 0 aliphatic rings. The third-order valence-corrected chi connectivity index (χ3v) is 3.21. The van der Waals surface area contributed by atoms with E-state index in [-0.39, 0.29) is 19.1 Å². The number of hydrogen-bond acceptors (Lipinski definition) is 4. The maximum atomic E-state index is 12.3. The molecule has 118 valence electrons. The molecule has 2 N–H and O–H groups in total. The number of hydrogen-bond donors (Lipinski definition) is 2. The Labute approximate surface area is 129 Å². The Morgan fingerprint density at radius 3 is 2.41 bits per heavy atom. The first-order chi connectivity index (χ1) is 10.7. The molecule has 0 bridgehead atoms. The highest BCUT2D eigenvalue weighted by molar-refractivity contribution is 6.10. The molecular weight excluding hydrogens is 282 g/mol. The number of benzene rings is 2. The van der Waals surface area contributed by atoms with E-state index in [1.165, 1.54) is 0 Å². The highest BCUT2D eigenvalue weighted by Gasteiger charge is 2.16. The second-order valence-electron chi connectivity index (χ2n) is 4.64. The largest absolute Gasteiger partial charge is 0.493 e. The zero-order valence-electron chi connectivity index (χ0n) is 12.9. The first kappa shape index (κ1) is 16.1. The zero-order chi connectivity index (χ0) is 15.9. The summed E-state index contributed by atoms with van der Waals surface area (Å²) in [6.45, 7) is 5.02. The molecule has 0 aromatic heterocycles. The Hall–Kier alpha value is -2.27. The van der Waals surface area contributed by atoms with Crippen molar-refractivity contribution >= 4 is 16.7 Å². The van der Waals surface area contributed by atoms with E-state index in [1.54, 1.807) is 12.1 Å². The fourth-order valence-corrected chi connectivity index (χ4v) is 2.36. The van der Waals surface area contributed by atoms with Gasteiger partial charge in [-0.15, -0.1) is 0 Å². The van der Waals surface area contributed by atoms with Crippen molar-refractivity contribution in [1.29, 1.82) is 0 Å². The average molecular weight is 303 g/mol. The first-order valence-electron chi connectivity index (χ1n) is 7.43. The number of amides is 1. The molecule has 2 aromatic rings. The average Bonchev–Trinajstić information content (AvgIpc) is 2.53. The molecule has 2 aromatic carbocycles. The van der Waals surface area contributed by atoms with Crippen LogP contribution in [0.15, 0.2) is 30.3 Å². The van der Waals surface area contributed by atoms with Crippen LogP contribution in [0.3, 0.4) is 0 Å². The molecule has 1 amide bonds. The summed E-state index contributed by atoms with van der Waals surface area (Å²) in [6.07, 6.45) is 0. The maximum absolute atomic E-state index is 12.3. The number of fused-ring (bicyclic) bond motifs is 1. The Balaban J connectivity index is 2.58. The lowest BCUT2D eigenvalue weighted by molar-refractivity contribution is 0.0946. The van der Waals surface area contributed by atoms with Crippen LogP contribution in [0.25, 0.3) is 10.8 Å². The second-order valence-corrected chi connectivity index (χ2v) is 4.64. The highest BCUT2D eigenvalue weighted by atomic mass is 16.5. The molecule has 0 aliphatic heterocycles. The normalized spacial score (nSPS) is 10.5. The van der Waals surface area contributed by atoms with Gasteiger partial charge in [0, 0.05) is 17.5 Å². The van der Waals surface area contributed by atoms with Crippen molar-refractivity contribution in [3.63, 3.8) is 0 Å². The fraction of sp³-hybridized carbons (Fsp3) is 0.353. The lowest BCUT2D eigenvalue weighted by Gasteiger charge is -2.15. The van der Waals surface area contributed by atoms with Crippen molar-refractivity contribution in [3.8, 4) is 11.5 Å². The quantitative estimate of drug-likeness (QED) is 0.824. The van der Waals surface area contributed by atoms with Gasteiger partial charge in [-0.3, -0.25) is 4.79 Å². The summed E-state index contributed by atoms with van der Waals surface area (Å²) < 4.78 is 11.3. The Bertz CT molecular complexity index is 642. The number of carbonyl (C=O) groups is 1. The van der Waals surface area contributed by atoms with Crippen molar-refractivity contribution in [2.24, 2.45) is 0 Å². The van der Waals surface area contributed by atoms with Crippen LogP contribution in [-0.2, 0) is 0 Å². The van der Waals surface area contributed by atoms with Gasteiger partial charge in [0.25, 0.3) is 5.91 Å². The molecule has 0 unspecified atom stereocenters. The molecule has 0 heterocycles. The van der Waals surface area contributed by atoms with Crippen LogP contribution >= 0.6 is 0 Å². The van der Waals surface area contributed by atoms with Gasteiger partial charge < -0.3 is 19.9 Å². The van der Waals surface area contributed by atoms with Gasteiger partial charge in [0.15, 0.2) is 0 Å². The number of aliphatic hydroxyl groups excluding tert-OH is 1. The molecule has 2 rings (SSSR count). The van der Waals surface area contributed by atoms with Crippen molar-refractivity contribution in [2.45, 2.75) is 13.8 Å².